The van der Waals surface area contributed by atoms with E-state index in [1.807, 2.05) is 19.1 Å². The molecule has 0 bridgehead atoms. The maximum absolute atomic E-state index is 12.3. The Morgan fingerprint density at radius 2 is 1.79 bits per heavy atom. The SMILES string of the molecule is CCCc1cc(C(=O)NNC(=O)CCN2CCN(c3ccccc3)CC2)sc1C. The highest BCUT2D eigenvalue weighted by Crippen LogP contribution is 2.22. The highest BCUT2D eigenvalue weighted by atomic mass is 32.1. The molecular weight excluding hydrogens is 384 g/mol. The molecule has 156 valence electrons. The molecule has 2 heterocycles. The van der Waals surface area contributed by atoms with Crippen molar-refractivity contribution in [2.75, 3.05) is 37.6 Å². The Morgan fingerprint density at radius 3 is 2.48 bits per heavy atom. The van der Waals surface area contributed by atoms with Crippen molar-refractivity contribution in [1.29, 1.82) is 0 Å². The molecule has 2 amide bonds. The molecular formula is C22H30N4O2S. The molecule has 0 aliphatic carbocycles. The van der Waals surface area contributed by atoms with E-state index in [4.69, 9.17) is 0 Å². The second-order valence-electron chi connectivity index (χ2n) is 7.36. The Morgan fingerprint density at radius 1 is 1.07 bits per heavy atom. The average molecular weight is 415 g/mol. The molecule has 0 atom stereocenters. The van der Waals surface area contributed by atoms with Gasteiger partial charge in [-0.1, -0.05) is 31.5 Å². The van der Waals surface area contributed by atoms with Gasteiger partial charge >= 0.3 is 0 Å². The quantitative estimate of drug-likeness (QED) is 0.684. The van der Waals surface area contributed by atoms with Gasteiger partial charge < -0.3 is 4.90 Å². The molecule has 1 aromatic heterocycles. The van der Waals surface area contributed by atoms with Crippen molar-refractivity contribution in [3.8, 4) is 0 Å². The second-order valence-corrected chi connectivity index (χ2v) is 8.61. The number of para-hydroxylation sites is 1. The van der Waals surface area contributed by atoms with Crippen LogP contribution < -0.4 is 15.8 Å². The fraction of sp³-hybridized carbons (Fsp3) is 0.455. The summed E-state index contributed by atoms with van der Waals surface area (Å²) in [5.41, 5.74) is 7.55. The number of hydrazine groups is 1. The van der Waals surface area contributed by atoms with Crippen molar-refractivity contribution in [3.05, 3.63) is 51.7 Å². The van der Waals surface area contributed by atoms with Gasteiger partial charge in [-0.15, -0.1) is 11.3 Å². The van der Waals surface area contributed by atoms with Crippen molar-refractivity contribution < 1.29 is 9.59 Å². The Balaban J connectivity index is 1.36. The summed E-state index contributed by atoms with van der Waals surface area (Å²) in [5.74, 6) is -0.406. The number of hydrogen-bond donors (Lipinski definition) is 2. The summed E-state index contributed by atoms with van der Waals surface area (Å²) in [6.07, 6.45) is 2.39. The van der Waals surface area contributed by atoms with E-state index in [1.54, 1.807) is 0 Å². The number of hydrogen-bond acceptors (Lipinski definition) is 5. The predicted octanol–water partition coefficient (Wildman–Crippen LogP) is 2.98. The van der Waals surface area contributed by atoms with Gasteiger partial charge in [0, 0.05) is 49.7 Å². The van der Waals surface area contributed by atoms with E-state index in [1.165, 1.54) is 22.6 Å². The van der Waals surface area contributed by atoms with Crippen molar-refractivity contribution in [1.82, 2.24) is 15.8 Å². The molecule has 7 heteroatoms. The standard InChI is InChI=1S/C22H30N4O2S/c1-3-7-18-16-20(29-17(18)2)22(28)24-23-21(27)10-11-25-12-14-26(15-13-25)19-8-5-4-6-9-19/h4-6,8-9,16H,3,7,10-15H2,1-2H3,(H,23,27)(H,24,28). The van der Waals surface area contributed by atoms with Crippen LogP contribution in [0.15, 0.2) is 36.4 Å². The number of nitrogens with one attached hydrogen (secondary N) is 2. The zero-order valence-electron chi connectivity index (χ0n) is 17.2. The lowest BCUT2D eigenvalue weighted by molar-refractivity contribution is -0.122. The smallest absolute Gasteiger partial charge is 0.279 e. The minimum Gasteiger partial charge on any atom is -0.369 e. The van der Waals surface area contributed by atoms with Crippen LogP contribution >= 0.6 is 11.3 Å². The van der Waals surface area contributed by atoms with Gasteiger partial charge in [-0.2, -0.15) is 0 Å². The maximum atomic E-state index is 12.3. The van der Waals surface area contributed by atoms with Crippen LogP contribution in [-0.4, -0.2) is 49.4 Å². The number of thiophene rings is 1. The molecule has 2 aromatic rings. The first kappa shape index (κ1) is 21.3. The largest absolute Gasteiger partial charge is 0.369 e. The Hall–Kier alpha value is -2.38. The third kappa shape index (κ3) is 6.05. The van der Waals surface area contributed by atoms with E-state index in [9.17, 15) is 9.59 Å². The number of carbonyl (C=O) groups excluding carboxylic acids is 2. The van der Waals surface area contributed by atoms with E-state index >= 15 is 0 Å². The minimum absolute atomic E-state index is 0.161. The first-order chi connectivity index (χ1) is 14.1. The van der Waals surface area contributed by atoms with Gasteiger partial charge in [0.25, 0.3) is 5.91 Å². The van der Waals surface area contributed by atoms with Crippen molar-refractivity contribution in [2.45, 2.75) is 33.1 Å². The van der Waals surface area contributed by atoms with Crippen LogP contribution in [0.4, 0.5) is 5.69 Å². The van der Waals surface area contributed by atoms with Crippen molar-refractivity contribution in [3.63, 3.8) is 0 Å². The van der Waals surface area contributed by atoms with Crippen LogP contribution in [0.1, 0.15) is 39.9 Å². The summed E-state index contributed by atoms with van der Waals surface area (Å²) in [4.78, 5) is 30.9. The number of amides is 2. The van der Waals surface area contributed by atoms with Gasteiger partial charge in [0.1, 0.15) is 0 Å². The van der Waals surface area contributed by atoms with Crippen LogP contribution in [0, 0.1) is 6.92 Å². The molecule has 0 unspecified atom stereocenters. The molecule has 0 saturated carbocycles. The van der Waals surface area contributed by atoms with Gasteiger partial charge in [0.2, 0.25) is 5.91 Å². The lowest BCUT2D eigenvalue weighted by Crippen LogP contribution is -2.48. The number of nitrogens with zero attached hydrogens (tertiary/aromatic N) is 2. The zero-order valence-corrected chi connectivity index (χ0v) is 18.1. The van der Waals surface area contributed by atoms with E-state index in [0.717, 1.165) is 43.9 Å². The maximum Gasteiger partial charge on any atom is 0.279 e. The molecule has 1 saturated heterocycles. The molecule has 3 rings (SSSR count). The first-order valence-electron chi connectivity index (χ1n) is 10.3. The molecule has 2 N–H and O–H groups in total. The second kappa shape index (κ2) is 10.4. The zero-order chi connectivity index (χ0) is 20.6. The number of carbonyl (C=O) groups is 2. The van der Waals surface area contributed by atoms with Crippen LogP contribution in [0.3, 0.4) is 0 Å². The van der Waals surface area contributed by atoms with Gasteiger partial charge in [-0.3, -0.25) is 25.3 Å². The number of anilines is 1. The Bertz CT molecular complexity index is 813. The van der Waals surface area contributed by atoms with E-state index in [2.05, 4.69) is 51.8 Å². The number of aryl methyl sites for hydroxylation is 2. The molecule has 0 radical (unpaired) electrons. The van der Waals surface area contributed by atoms with Crippen LogP contribution in [0.5, 0.6) is 0 Å². The lowest BCUT2D eigenvalue weighted by atomic mass is 10.1. The van der Waals surface area contributed by atoms with Gasteiger partial charge in [-0.25, -0.2) is 0 Å². The highest BCUT2D eigenvalue weighted by Gasteiger charge is 2.18. The predicted molar refractivity (Wildman–Crippen MR) is 118 cm³/mol. The van der Waals surface area contributed by atoms with E-state index in [0.29, 0.717) is 17.8 Å². The summed E-state index contributed by atoms with van der Waals surface area (Å²) < 4.78 is 0. The first-order valence-corrected chi connectivity index (χ1v) is 11.1. The van der Waals surface area contributed by atoms with Crippen molar-refractivity contribution >= 4 is 28.8 Å². The molecule has 1 fully saturated rings. The van der Waals surface area contributed by atoms with E-state index in [-0.39, 0.29) is 11.8 Å². The average Bonchev–Trinajstić information content (AvgIpc) is 3.12. The molecule has 29 heavy (non-hydrogen) atoms. The number of rotatable bonds is 7. The molecule has 1 aliphatic heterocycles. The third-order valence-corrected chi connectivity index (χ3v) is 6.32. The van der Waals surface area contributed by atoms with Crippen molar-refractivity contribution in [2.24, 2.45) is 0 Å². The number of benzene rings is 1. The van der Waals surface area contributed by atoms with Gasteiger partial charge in [-0.05, 0) is 37.1 Å². The van der Waals surface area contributed by atoms with Crippen LogP contribution in [0.2, 0.25) is 0 Å². The highest BCUT2D eigenvalue weighted by molar-refractivity contribution is 7.14. The fourth-order valence-corrected chi connectivity index (χ4v) is 4.49. The Kier molecular flexibility index (Phi) is 7.66. The summed E-state index contributed by atoms with van der Waals surface area (Å²) in [6, 6.07) is 12.3. The van der Waals surface area contributed by atoms with Gasteiger partial charge in [0.05, 0.1) is 4.88 Å². The number of piperazine rings is 1. The minimum atomic E-state index is -0.245. The normalized spacial score (nSPS) is 14.6. The third-order valence-electron chi connectivity index (χ3n) is 5.23. The fourth-order valence-electron chi connectivity index (χ4n) is 3.53. The summed E-state index contributed by atoms with van der Waals surface area (Å²) in [6.45, 7) is 8.64. The van der Waals surface area contributed by atoms with E-state index < -0.39 is 0 Å². The summed E-state index contributed by atoms with van der Waals surface area (Å²) in [7, 11) is 0. The van der Waals surface area contributed by atoms with Gasteiger partial charge in [0.15, 0.2) is 0 Å². The molecule has 1 aromatic carbocycles. The summed E-state index contributed by atoms with van der Waals surface area (Å²) >= 11 is 1.47. The van der Waals surface area contributed by atoms with Crippen LogP contribution in [0.25, 0.3) is 0 Å². The van der Waals surface area contributed by atoms with Crippen LogP contribution in [-0.2, 0) is 11.2 Å². The topological polar surface area (TPSA) is 64.7 Å². The molecule has 1 aliphatic rings. The lowest BCUT2D eigenvalue weighted by Gasteiger charge is -2.36. The summed E-state index contributed by atoms with van der Waals surface area (Å²) in [5, 5.41) is 0. The Labute approximate surface area is 176 Å². The monoisotopic (exact) mass is 414 g/mol. The molecule has 0 spiro atoms. The molecule has 6 nitrogen and oxygen atoms in total.